The molecule has 8 nitrogen and oxygen atoms in total. The zero-order valence-corrected chi connectivity index (χ0v) is 18.6. The average Bonchev–Trinajstić information content (AvgIpc) is 3.19. The minimum atomic E-state index is -3.65. The van der Waals surface area contributed by atoms with Crippen molar-refractivity contribution in [2.24, 2.45) is 0 Å². The molecule has 0 aliphatic carbocycles. The van der Waals surface area contributed by atoms with Gasteiger partial charge in [-0.25, -0.2) is 8.42 Å². The number of aromatic nitrogens is 1. The highest BCUT2D eigenvalue weighted by molar-refractivity contribution is 7.89. The van der Waals surface area contributed by atoms with Gasteiger partial charge in [-0.3, -0.25) is 4.79 Å². The molecule has 0 radical (unpaired) electrons. The molecule has 1 atom stereocenters. The first-order valence-electron chi connectivity index (χ1n) is 10.7. The van der Waals surface area contributed by atoms with Crippen LogP contribution in [-0.2, 0) is 14.8 Å². The van der Waals surface area contributed by atoms with E-state index in [-0.39, 0.29) is 16.8 Å². The molecule has 1 aromatic heterocycles. The van der Waals surface area contributed by atoms with Gasteiger partial charge in [0, 0.05) is 25.8 Å². The SMILES string of the molecule is COc1ccc([C@@H]2CCCCCN2C(=O)c2cc(S(=O)(=O)N3CCOCC3)c[nH]2)cc1. The number of nitrogens with zero attached hydrogens (tertiary/aromatic N) is 2. The van der Waals surface area contributed by atoms with Crippen molar-refractivity contribution in [3.05, 3.63) is 47.8 Å². The summed E-state index contributed by atoms with van der Waals surface area (Å²) in [5, 5.41) is 0. The summed E-state index contributed by atoms with van der Waals surface area (Å²) >= 11 is 0. The standard InChI is InChI=1S/C22H29N3O5S/c1-29-18-8-6-17(7-9-18)21-5-3-2-4-10-25(21)22(26)20-15-19(16-23-20)31(27,28)24-11-13-30-14-12-24/h6-9,15-16,21,23H,2-5,10-14H2,1H3/t21-/m0/s1. The van der Waals surface area contributed by atoms with Gasteiger partial charge in [-0.15, -0.1) is 0 Å². The van der Waals surface area contributed by atoms with Gasteiger partial charge in [0.1, 0.15) is 16.3 Å². The Labute approximate surface area is 183 Å². The Morgan fingerprint density at radius 2 is 1.84 bits per heavy atom. The number of carbonyl (C=O) groups is 1. The fraction of sp³-hybridized carbons (Fsp3) is 0.500. The first kappa shape index (κ1) is 21.9. The van der Waals surface area contributed by atoms with Gasteiger partial charge in [-0.2, -0.15) is 4.31 Å². The van der Waals surface area contributed by atoms with Crippen LogP contribution >= 0.6 is 0 Å². The fourth-order valence-electron chi connectivity index (χ4n) is 4.26. The Morgan fingerprint density at radius 3 is 2.55 bits per heavy atom. The van der Waals surface area contributed by atoms with Gasteiger partial charge in [-0.1, -0.05) is 25.0 Å². The number of sulfonamides is 1. The number of aromatic amines is 1. The smallest absolute Gasteiger partial charge is 0.270 e. The van der Waals surface area contributed by atoms with E-state index in [2.05, 4.69) is 4.98 Å². The molecule has 9 heteroatoms. The zero-order chi connectivity index (χ0) is 21.8. The van der Waals surface area contributed by atoms with Crippen LogP contribution in [0.1, 0.15) is 47.8 Å². The monoisotopic (exact) mass is 447 g/mol. The van der Waals surface area contributed by atoms with Gasteiger partial charge >= 0.3 is 0 Å². The number of carbonyl (C=O) groups excluding carboxylic acids is 1. The van der Waals surface area contributed by atoms with Crippen LogP contribution < -0.4 is 4.74 Å². The molecule has 2 saturated heterocycles. The lowest BCUT2D eigenvalue weighted by atomic mass is 10.0. The van der Waals surface area contributed by atoms with E-state index in [1.807, 2.05) is 29.2 Å². The number of morpholine rings is 1. The topological polar surface area (TPSA) is 91.9 Å². The summed E-state index contributed by atoms with van der Waals surface area (Å²) in [6, 6.07) is 9.22. The predicted octanol–water partition coefficient (Wildman–Crippen LogP) is 2.80. The fourth-order valence-corrected chi connectivity index (χ4v) is 5.66. The molecular weight excluding hydrogens is 418 g/mol. The van der Waals surface area contributed by atoms with Crippen LogP contribution in [-0.4, -0.2) is 68.5 Å². The second-order valence-corrected chi connectivity index (χ2v) is 9.84. The second-order valence-electron chi connectivity index (χ2n) is 7.90. The van der Waals surface area contributed by atoms with Crippen molar-refractivity contribution in [1.82, 2.24) is 14.2 Å². The molecule has 0 bridgehead atoms. The first-order valence-corrected chi connectivity index (χ1v) is 12.2. The predicted molar refractivity (Wildman–Crippen MR) is 116 cm³/mol. The van der Waals surface area contributed by atoms with E-state index >= 15 is 0 Å². The van der Waals surface area contributed by atoms with Gasteiger partial charge in [-0.05, 0) is 36.6 Å². The summed E-state index contributed by atoms with van der Waals surface area (Å²) in [4.78, 5) is 18.3. The third-order valence-electron chi connectivity index (χ3n) is 6.01. The van der Waals surface area contributed by atoms with Crippen molar-refractivity contribution in [3.63, 3.8) is 0 Å². The molecule has 2 aliphatic rings. The maximum Gasteiger partial charge on any atom is 0.270 e. The molecule has 3 heterocycles. The Balaban J connectivity index is 1.57. The van der Waals surface area contributed by atoms with Gasteiger partial charge in [0.25, 0.3) is 5.91 Å². The van der Waals surface area contributed by atoms with Gasteiger partial charge in [0.2, 0.25) is 10.0 Å². The van der Waals surface area contributed by atoms with E-state index < -0.39 is 10.0 Å². The molecule has 0 spiro atoms. The molecule has 1 N–H and O–H groups in total. The molecule has 2 fully saturated rings. The van der Waals surface area contributed by atoms with Crippen LogP contribution in [0.4, 0.5) is 0 Å². The number of hydrogen-bond acceptors (Lipinski definition) is 5. The Hall–Kier alpha value is -2.36. The Morgan fingerprint density at radius 1 is 1.10 bits per heavy atom. The van der Waals surface area contributed by atoms with E-state index in [0.717, 1.165) is 37.0 Å². The summed E-state index contributed by atoms with van der Waals surface area (Å²) in [5.74, 6) is 0.601. The number of H-pyrrole nitrogens is 1. The van der Waals surface area contributed by atoms with Gasteiger partial charge in [0.15, 0.2) is 0 Å². The molecule has 31 heavy (non-hydrogen) atoms. The quantitative estimate of drug-likeness (QED) is 0.761. The van der Waals surface area contributed by atoms with Crippen molar-refractivity contribution in [1.29, 1.82) is 0 Å². The largest absolute Gasteiger partial charge is 0.497 e. The second kappa shape index (κ2) is 9.42. The Kier molecular flexibility index (Phi) is 6.64. The third kappa shape index (κ3) is 4.63. The van der Waals surface area contributed by atoms with Crippen molar-refractivity contribution in [2.45, 2.75) is 36.6 Å². The van der Waals surface area contributed by atoms with Crippen molar-refractivity contribution in [3.8, 4) is 5.75 Å². The number of likely N-dealkylation sites (tertiary alicyclic amines) is 1. The normalized spacial score (nSPS) is 20.9. The highest BCUT2D eigenvalue weighted by Crippen LogP contribution is 2.32. The lowest BCUT2D eigenvalue weighted by Crippen LogP contribution is -2.40. The molecule has 168 valence electrons. The number of amides is 1. The summed E-state index contributed by atoms with van der Waals surface area (Å²) in [7, 11) is -2.02. The van der Waals surface area contributed by atoms with E-state index in [1.165, 1.54) is 16.6 Å². The maximum absolute atomic E-state index is 13.4. The van der Waals surface area contributed by atoms with Crippen molar-refractivity contribution in [2.75, 3.05) is 40.0 Å². The molecule has 4 rings (SSSR count). The first-order chi connectivity index (χ1) is 15.0. The zero-order valence-electron chi connectivity index (χ0n) is 17.7. The van der Waals surface area contributed by atoms with Crippen LogP contribution in [0.15, 0.2) is 41.4 Å². The number of rotatable bonds is 5. The number of nitrogens with one attached hydrogen (secondary N) is 1. The highest BCUT2D eigenvalue weighted by Gasteiger charge is 2.31. The highest BCUT2D eigenvalue weighted by atomic mass is 32.2. The average molecular weight is 448 g/mol. The van der Waals surface area contributed by atoms with Gasteiger partial charge < -0.3 is 19.4 Å². The lowest BCUT2D eigenvalue weighted by molar-refractivity contribution is 0.0675. The number of methoxy groups -OCH3 is 1. The minimum absolute atomic E-state index is 0.0523. The summed E-state index contributed by atoms with van der Waals surface area (Å²) in [6.45, 7) is 2.05. The van der Waals surface area contributed by atoms with Gasteiger partial charge in [0.05, 0.1) is 26.4 Å². The molecule has 0 unspecified atom stereocenters. The Bertz CT molecular complexity index is 996. The summed E-state index contributed by atoms with van der Waals surface area (Å²) in [6.07, 6.45) is 5.33. The van der Waals surface area contributed by atoms with Crippen LogP contribution in [0.5, 0.6) is 5.75 Å². The van der Waals surface area contributed by atoms with E-state index in [9.17, 15) is 13.2 Å². The number of hydrogen-bond donors (Lipinski definition) is 1. The van der Waals surface area contributed by atoms with E-state index in [0.29, 0.717) is 38.5 Å². The molecule has 2 aliphatic heterocycles. The molecule has 1 aromatic carbocycles. The van der Waals surface area contributed by atoms with Crippen molar-refractivity contribution >= 4 is 15.9 Å². The molecular formula is C22H29N3O5S. The third-order valence-corrected chi connectivity index (χ3v) is 7.89. The summed E-state index contributed by atoms with van der Waals surface area (Å²) < 4.78 is 37.7. The van der Waals surface area contributed by atoms with E-state index in [1.54, 1.807) is 7.11 Å². The van der Waals surface area contributed by atoms with Crippen LogP contribution in [0, 0.1) is 0 Å². The van der Waals surface area contributed by atoms with Crippen LogP contribution in [0.25, 0.3) is 0 Å². The molecule has 0 saturated carbocycles. The molecule has 1 amide bonds. The lowest BCUT2D eigenvalue weighted by Gasteiger charge is -2.30. The number of ether oxygens (including phenoxy) is 2. The molecule has 2 aromatic rings. The maximum atomic E-state index is 13.4. The van der Waals surface area contributed by atoms with Crippen LogP contribution in [0.2, 0.25) is 0 Å². The minimum Gasteiger partial charge on any atom is -0.497 e. The summed E-state index contributed by atoms with van der Waals surface area (Å²) in [5.41, 5.74) is 1.36. The number of benzene rings is 1. The van der Waals surface area contributed by atoms with E-state index in [4.69, 9.17) is 9.47 Å². The van der Waals surface area contributed by atoms with Crippen LogP contribution in [0.3, 0.4) is 0 Å². The van der Waals surface area contributed by atoms with Crippen molar-refractivity contribution < 1.29 is 22.7 Å².